The summed E-state index contributed by atoms with van der Waals surface area (Å²) in [6, 6.07) is 15.5. The summed E-state index contributed by atoms with van der Waals surface area (Å²) in [6.45, 7) is 1.83. The van der Waals surface area contributed by atoms with E-state index in [1.165, 1.54) is 0 Å². The molecule has 17 heavy (non-hydrogen) atoms. The van der Waals surface area contributed by atoms with Crippen LogP contribution in [-0.2, 0) is 6.42 Å². The second-order valence-corrected chi connectivity index (χ2v) is 4.08. The normalized spacial score (nSPS) is 10.2. The third-order valence-electron chi connectivity index (χ3n) is 2.81. The number of aryl methyl sites for hydroxylation is 1. The zero-order chi connectivity index (χ0) is 12.3. The Morgan fingerprint density at radius 2 is 1.76 bits per heavy atom. The Bertz CT molecular complexity index is 530. The smallest absolute Gasteiger partial charge is 0.336 e. The topological polar surface area (TPSA) is 37.3 Å². The first kappa shape index (κ1) is 11.4. The fourth-order valence-electron chi connectivity index (χ4n) is 2.00. The molecule has 2 aromatic rings. The van der Waals surface area contributed by atoms with E-state index in [0.717, 1.165) is 16.7 Å². The maximum atomic E-state index is 11.2. The molecular weight excluding hydrogens is 212 g/mol. The van der Waals surface area contributed by atoms with Crippen LogP contribution in [0.1, 0.15) is 27.0 Å². The minimum absolute atomic E-state index is 0.427. The van der Waals surface area contributed by atoms with Crippen molar-refractivity contribution < 1.29 is 9.90 Å². The van der Waals surface area contributed by atoms with E-state index < -0.39 is 5.97 Å². The Balaban J connectivity index is 2.40. The minimum atomic E-state index is -0.853. The molecule has 0 aliphatic rings. The summed E-state index contributed by atoms with van der Waals surface area (Å²) in [6.07, 6.45) is 0.657. The SMILES string of the molecule is Cc1cccc(Cc2ccccc2)c1C(=O)O. The molecule has 2 rings (SSSR count). The van der Waals surface area contributed by atoms with E-state index in [9.17, 15) is 9.90 Å². The largest absolute Gasteiger partial charge is 0.478 e. The number of hydrogen-bond acceptors (Lipinski definition) is 1. The first-order chi connectivity index (χ1) is 8.18. The van der Waals surface area contributed by atoms with Crippen LogP contribution in [0, 0.1) is 6.92 Å². The molecule has 0 radical (unpaired) electrons. The molecule has 0 fully saturated rings. The highest BCUT2D eigenvalue weighted by Crippen LogP contribution is 2.18. The molecular formula is C15H14O2. The van der Waals surface area contributed by atoms with Crippen LogP contribution in [0.2, 0.25) is 0 Å². The lowest BCUT2D eigenvalue weighted by Gasteiger charge is -2.08. The van der Waals surface area contributed by atoms with Crippen LogP contribution in [0.15, 0.2) is 48.5 Å². The fourth-order valence-corrected chi connectivity index (χ4v) is 2.00. The Kier molecular flexibility index (Phi) is 3.24. The number of hydrogen-bond donors (Lipinski definition) is 1. The Hall–Kier alpha value is -2.09. The summed E-state index contributed by atoms with van der Waals surface area (Å²) < 4.78 is 0. The highest BCUT2D eigenvalue weighted by Gasteiger charge is 2.12. The number of rotatable bonds is 3. The third kappa shape index (κ3) is 2.53. The molecule has 2 nitrogen and oxygen atoms in total. The molecule has 0 saturated heterocycles. The summed E-state index contributed by atoms with van der Waals surface area (Å²) >= 11 is 0. The van der Waals surface area contributed by atoms with Crippen molar-refractivity contribution in [2.45, 2.75) is 13.3 Å². The Labute approximate surface area is 101 Å². The lowest BCUT2D eigenvalue weighted by molar-refractivity contribution is 0.0695. The van der Waals surface area contributed by atoms with Crippen molar-refractivity contribution >= 4 is 5.97 Å². The van der Waals surface area contributed by atoms with Crippen molar-refractivity contribution in [1.82, 2.24) is 0 Å². The average Bonchev–Trinajstić information content (AvgIpc) is 2.30. The van der Waals surface area contributed by atoms with Gasteiger partial charge in [-0.3, -0.25) is 0 Å². The van der Waals surface area contributed by atoms with Gasteiger partial charge in [0.25, 0.3) is 0 Å². The molecule has 0 aliphatic carbocycles. The molecule has 0 spiro atoms. The van der Waals surface area contributed by atoms with E-state index in [-0.39, 0.29) is 0 Å². The quantitative estimate of drug-likeness (QED) is 0.872. The van der Waals surface area contributed by atoms with Crippen molar-refractivity contribution in [3.8, 4) is 0 Å². The molecule has 0 aromatic heterocycles. The van der Waals surface area contributed by atoms with Gasteiger partial charge in [-0.15, -0.1) is 0 Å². The molecule has 0 saturated carbocycles. The van der Waals surface area contributed by atoms with Gasteiger partial charge in [0.2, 0.25) is 0 Å². The van der Waals surface area contributed by atoms with E-state index in [0.29, 0.717) is 12.0 Å². The lowest BCUT2D eigenvalue weighted by Crippen LogP contribution is -2.05. The zero-order valence-corrected chi connectivity index (χ0v) is 9.68. The molecule has 0 amide bonds. The predicted octanol–water partition coefficient (Wildman–Crippen LogP) is 3.28. The first-order valence-corrected chi connectivity index (χ1v) is 5.54. The summed E-state index contributed by atoms with van der Waals surface area (Å²) in [5.74, 6) is -0.853. The molecule has 0 heterocycles. The van der Waals surface area contributed by atoms with Gasteiger partial charge in [0.15, 0.2) is 0 Å². The van der Waals surface area contributed by atoms with Gasteiger partial charge in [-0.25, -0.2) is 4.79 Å². The van der Waals surface area contributed by atoms with Crippen molar-refractivity contribution in [2.24, 2.45) is 0 Å². The van der Waals surface area contributed by atoms with Gasteiger partial charge in [-0.05, 0) is 30.0 Å². The zero-order valence-electron chi connectivity index (χ0n) is 9.68. The van der Waals surface area contributed by atoms with Crippen molar-refractivity contribution in [2.75, 3.05) is 0 Å². The molecule has 2 heteroatoms. The van der Waals surface area contributed by atoms with Crippen molar-refractivity contribution in [1.29, 1.82) is 0 Å². The minimum Gasteiger partial charge on any atom is -0.478 e. The van der Waals surface area contributed by atoms with Gasteiger partial charge < -0.3 is 5.11 Å². The average molecular weight is 226 g/mol. The van der Waals surface area contributed by atoms with Crippen LogP contribution >= 0.6 is 0 Å². The van der Waals surface area contributed by atoms with Crippen LogP contribution in [0.5, 0.6) is 0 Å². The number of aromatic carboxylic acids is 1. The number of benzene rings is 2. The predicted molar refractivity (Wildman–Crippen MR) is 67.4 cm³/mol. The standard InChI is InChI=1S/C15H14O2/c1-11-6-5-9-13(14(11)15(16)17)10-12-7-3-2-4-8-12/h2-9H,10H2,1H3,(H,16,17). The lowest BCUT2D eigenvalue weighted by atomic mass is 9.96. The summed E-state index contributed by atoms with van der Waals surface area (Å²) in [5, 5.41) is 9.22. The summed E-state index contributed by atoms with van der Waals surface area (Å²) in [5.41, 5.74) is 3.23. The van der Waals surface area contributed by atoms with Gasteiger partial charge in [0.1, 0.15) is 0 Å². The maximum Gasteiger partial charge on any atom is 0.336 e. The van der Waals surface area contributed by atoms with Gasteiger partial charge >= 0.3 is 5.97 Å². The number of carboxylic acids is 1. The molecule has 0 atom stereocenters. The van der Waals surface area contributed by atoms with Crippen molar-refractivity contribution in [3.05, 3.63) is 70.8 Å². The maximum absolute atomic E-state index is 11.2. The monoisotopic (exact) mass is 226 g/mol. The number of carboxylic acid groups (broad SMARTS) is 1. The van der Waals surface area contributed by atoms with E-state index >= 15 is 0 Å². The van der Waals surface area contributed by atoms with Crippen LogP contribution in [0.4, 0.5) is 0 Å². The second kappa shape index (κ2) is 4.83. The number of carbonyl (C=O) groups is 1. The molecule has 1 N–H and O–H groups in total. The summed E-state index contributed by atoms with van der Waals surface area (Å²) in [4.78, 5) is 11.2. The highest BCUT2D eigenvalue weighted by molar-refractivity contribution is 5.91. The molecule has 0 unspecified atom stereocenters. The summed E-state index contributed by atoms with van der Waals surface area (Å²) in [7, 11) is 0. The fraction of sp³-hybridized carbons (Fsp3) is 0.133. The van der Waals surface area contributed by atoms with Gasteiger partial charge in [-0.2, -0.15) is 0 Å². The van der Waals surface area contributed by atoms with Crippen LogP contribution in [0.3, 0.4) is 0 Å². The van der Waals surface area contributed by atoms with E-state index in [2.05, 4.69) is 0 Å². The van der Waals surface area contributed by atoms with Gasteiger partial charge in [0, 0.05) is 0 Å². The highest BCUT2D eigenvalue weighted by atomic mass is 16.4. The van der Waals surface area contributed by atoms with E-state index in [4.69, 9.17) is 0 Å². The first-order valence-electron chi connectivity index (χ1n) is 5.54. The molecule has 0 bridgehead atoms. The Morgan fingerprint density at radius 3 is 2.41 bits per heavy atom. The molecule has 2 aromatic carbocycles. The molecule has 0 aliphatic heterocycles. The van der Waals surface area contributed by atoms with Crippen LogP contribution in [-0.4, -0.2) is 11.1 Å². The van der Waals surface area contributed by atoms with Crippen molar-refractivity contribution in [3.63, 3.8) is 0 Å². The van der Waals surface area contributed by atoms with E-state index in [1.807, 2.05) is 55.5 Å². The second-order valence-electron chi connectivity index (χ2n) is 4.08. The van der Waals surface area contributed by atoms with Gasteiger partial charge in [-0.1, -0.05) is 48.5 Å². The third-order valence-corrected chi connectivity index (χ3v) is 2.81. The van der Waals surface area contributed by atoms with Crippen LogP contribution < -0.4 is 0 Å². The van der Waals surface area contributed by atoms with Gasteiger partial charge in [0.05, 0.1) is 5.56 Å². The van der Waals surface area contributed by atoms with Crippen LogP contribution in [0.25, 0.3) is 0 Å². The van der Waals surface area contributed by atoms with E-state index in [1.54, 1.807) is 0 Å². The Morgan fingerprint density at radius 1 is 1.06 bits per heavy atom. The molecule has 86 valence electrons.